The van der Waals surface area contributed by atoms with E-state index in [9.17, 15) is 22.0 Å². The first kappa shape index (κ1) is 22.5. The van der Waals surface area contributed by atoms with E-state index in [2.05, 4.69) is 10.3 Å². The number of carbonyl (C=O) groups is 1. The Morgan fingerprint density at radius 1 is 1.16 bits per heavy atom. The Balaban J connectivity index is 1.47. The van der Waals surface area contributed by atoms with Gasteiger partial charge >= 0.3 is 0 Å². The van der Waals surface area contributed by atoms with Gasteiger partial charge in [-0.2, -0.15) is 4.31 Å². The van der Waals surface area contributed by atoms with Crippen LogP contribution in [0.3, 0.4) is 0 Å². The van der Waals surface area contributed by atoms with E-state index in [0.717, 1.165) is 42.7 Å². The molecule has 2 aromatic carbocycles. The normalized spacial score (nSPS) is 17.3. The molecule has 168 valence electrons. The third-order valence-electron chi connectivity index (χ3n) is 5.40. The zero-order valence-corrected chi connectivity index (χ0v) is 18.8. The van der Waals surface area contributed by atoms with Gasteiger partial charge in [0.2, 0.25) is 10.0 Å². The minimum Gasteiger partial charge on any atom is -0.298 e. The number of benzene rings is 2. The van der Waals surface area contributed by atoms with Gasteiger partial charge in [0.05, 0.1) is 10.6 Å². The van der Waals surface area contributed by atoms with E-state index < -0.39 is 27.6 Å². The number of rotatable bonds is 5. The first-order valence-corrected chi connectivity index (χ1v) is 12.4. The van der Waals surface area contributed by atoms with E-state index in [1.54, 1.807) is 5.38 Å². The fourth-order valence-corrected chi connectivity index (χ4v) is 6.07. The Kier molecular flexibility index (Phi) is 6.36. The van der Waals surface area contributed by atoms with Crippen LogP contribution in [-0.2, 0) is 10.0 Å². The predicted octanol–water partition coefficient (Wildman–Crippen LogP) is 4.90. The summed E-state index contributed by atoms with van der Waals surface area (Å²) in [5.74, 6) is -1.90. The predicted molar refractivity (Wildman–Crippen MR) is 119 cm³/mol. The van der Waals surface area contributed by atoms with Crippen LogP contribution in [0.1, 0.15) is 36.5 Å². The Morgan fingerprint density at radius 2 is 1.91 bits per heavy atom. The lowest BCUT2D eigenvalue weighted by atomic mass is 10.1. The summed E-state index contributed by atoms with van der Waals surface area (Å²) in [6.07, 6.45) is 2.68. The lowest BCUT2D eigenvalue weighted by Gasteiger charge is -2.32. The number of hydrogen-bond donors (Lipinski definition) is 1. The first-order chi connectivity index (χ1) is 15.3. The lowest BCUT2D eigenvalue weighted by molar-refractivity contribution is 0.102. The van der Waals surface area contributed by atoms with E-state index in [1.165, 1.54) is 34.6 Å². The van der Waals surface area contributed by atoms with Crippen molar-refractivity contribution in [2.75, 3.05) is 11.9 Å². The minimum atomic E-state index is -3.62. The van der Waals surface area contributed by atoms with Gasteiger partial charge in [0, 0.05) is 35.2 Å². The Bertz CT molecular complexity index is 1240. The molecular formula is C22H21F2N3O3S2. The summed E-state index contributed by atoms with van der Waals surface area (Å²) >= 11 is 1.10. The van der Waals surface area contributed by atoms with Gasteiger partial charge < -0.3 is 0 Å². The van der Waals surface area contributed by atoms with Crippen molar-refractivity contribution >= 4 is 32.4 Å². The first-order valence-electron chi connectivity index (χ1n) is 10.1. The zero-order chi connectivity index (χ0) is 22.9. The summed E-state index contributed by atoms with van der Waals surface area (Å²) < 4.78 is 54.4. The van der Waals surface area contributed by atoms with Crippen LogP contribution in [0.4, 0.5) is 13.9 Å². The molecule has 0 bridgehead atoms. The SMILES string of the molecule is CC1CCCCN1S(=O)(=O)c1ccc(C(=O)Nc2nc(-c3ccc(F)cc3F)cs2)cc1. The fraction of sp³-hybridized carbons (Fsp3) is 0.273. The molecule has 3 aromatic rings. The van der Waals surface area contributed by atoms with Gasteiger partial charge in [-0.1, -0.05) is 6.42 Å². The summed E-state index contributed by atoms with van der Waals surface area (Å²) in [6.45, 7) is 2.39. The van der Waals surface area contributed by atoms with Gasteiger partial charge in [-0.05, 0) is 56.2 Å². The highest BCUT2D eigenvalue weighted by Crippen LogP contribution is 2.28. The highest BCUT2D eigenvalue weighted by molar-refractivity contribution is 7.89. The number of sulfonamides is 1. The number of aromatic nitrogens is 1. The van der Waals surface area contributed by atoms with Crippen LogP contribution in [0.25, 0.3) is 11.3 Å². The molecule has 0 saturated carbocycles. The highest BCUT2D eigenvalue weighted by Gasteiger charge is 2.31. The van der Waals surface area contributed by atoms with E-state index in [1.807, 2.05) is 6.92 Å². The number of halogens is 2. The molecule has 1 atom stereocenters. The van der Waals surface area contributed by atoms with Crippen molar-refractivity contribution in [3.8, 4) is 11.3 Å². The smallest absolute Gasteiger partial charge is 0.257 e. The molecule has 1 aromatic heterocycles. The molecule has 1 aliphatic heterocycles. The summed E-state index contributed by atoms with van der Waals surface area (Å²) in [5, 5.41) is 4.42. The van der Waals surface area contributed by atoms with Crippen LogP contribution in [0, 0.1) is 11.6 Å². The number of hydrogen-bond acceptors (Lipinski definition) is 5. The summed E-state index contributed by atoms with van der Waals surface area (Å²) in [5.41, 5.74) is 0.671. The monoisotopic (exact) mass is 477 g/mol. The maximum absolute atomic E-state index is 14.0. The lowest BCUT2D eigenvalue weighted by Crippen LogP contribution is -2.41. The third-order valence-corrected chi connectivity index (χ3v) is 8.18. The second kappa shape index (κ2) is 9.05. The van der Waals surface area contributed by atoms with Crippen molar-refractivity contribution in [3.63, 3.8) is 0 Å². The minimum absolute atomic E-state index is 0.0539. The standard InChI is InChI=1S/C22H21F2N3O3S2/c1-14-4-2-3-11-27(14)32(29,30)17-8-5-15(6-9-17)21(28)26-22-25-20(13-31-22)18-10-7-16(23)12-19(18)24/h5-10,12-14H,2-4,11H2,1H3,(H,25,26,28). The zero-order valence-electron chi connectivity index (χ0n) is 17.2. The van der Waals surface area contributed by atoms with Crippen LogP contribution < -0.4 is 5.32 Å². The number of amides is 1. The number of piperidine rings is 1. The average Bonchev–Trinajstić information content (AvgIpc) is 3.22. The topological polar surface area (TPSA) is 79.4 Å². The van der Waals surface area contributed by atoms with Crippen molar-refractivity contribution in [2.45, 2.75) is 37.1 Å². The van der Waals surface area contributed by atoms with Crippen molar-refractivity contribution in [1.82, 2.24) is 9.29 Å². The molecule has 1 fully saturated rings. The Labute approximate surface area is 189 Å². The number of nitrogens with one attached hydrogen (secondary N) is 1. The van der Waals surface area contributed by atoms with Gasteiger partial charge in [-0.3, -0.25) is 10.1 Å². The van der Waals surface area contributed by atoms with Gasteiger partial charge in [0.15, 0.2) is 5.13 Å². The molecule has 1 aliphatic rings. The maximum Gasteiger partial charge on any atom is 0.257 e. The van der Waals surface area contributed by atoms with Crippen LogP contribution >= 0.6 is 11.3 Å². The quantitative estimate of drug-likeness (QED) is 0.567. The molecule has 1 unspecified atom stereocenters. The molecule has 2 heterocycles. The number of thiazole rings is 1. The molecule has 32 heavy (non-hydrogen) atoms. The molecule has 1 saturated heterocycles. The van der Waals surface area contributed by atoms with Crippen LogP contribution in [0.5, 0.6) is 0 Å². The van der Waals surface area contributed by atoms with E-state index in [4.69, 9.17) is 0 Å². The molecule has 0 aliphatic carbocycles. The second-order valence-corrected chi connectivity index (χ2v) is 10.3. The van der Waals surface area contributed by atoms with Crippen molar-refractivity contribution in [2.24, 2.45) is 0 Å². The highest BCUT2D eigenvalue weighted by atomic mass is 32.2. The number of anilines is 1. The van der Waals surface area contributed by atoms with Crippen LogP contribution in [0.15, 0.2) is 52.7 Å². The fourth-order valence-electron chi connectivity index (χ4n) is 3.66. The van der Waals surface area contributed by atoms with E-state index in [-0.39, 0.29) is 32.9 Å². The molecule has 1 N–H and O–H groups in total. The summed E-state index contributed by atoms with van der Waals surface area (Å²) in [6, 6.07) is 8.88. The largest absolute Gasteiger partial charge is 0.298 e. The third kappa shape index (κ3) is 4.57. The van der Waals surface area contributed by atoms with Gasteiger partial charge in [-0.25, -0.2) is 22.2 Å². The molecule has 1 amide bonds. The Morgan fingerprint density at radius 3 is 2.59 bits per heavy atom. The summed E-state index contributed by atoms with van der Waals surface area (Å²) in [7, 11) is -3.62. The van der Waals surface area contributed by atoms with Gasteiger partial charge in [-0.15, -0.1) is 11.3 Å². The van der Waals surface area contributed by atoms with Gasteiger partial charge in [0.1, 0.15) is 11.6 Å². The molecule has 4 rings (SSSR count). The molecule has 6 nitrogen and oxygen atoms in total. The van der Waals surface area contributed by atoms with Crippen molar-refractivity contribution in [3.05, 3.63) is 65.0 Å². The van der Waals surface area contributed by atoms with Gasteiger partial charge in [0.25, 0.3) is 5.91 Å². The molecule has 0 spiro atoms. The maximum atomic E-state index is 14.0. The van der Waals surface area contributed by atoms with E-state index >= 15 is 0 Å². The second-order valence-electron chi connectivity index (χ2n) is 7.60. The van der Waals surface area contributed by atoms with Crippen molar-refractivity contribution < 1.29 is 22.0 Å². The van der Waals surface area contributed by atoms with Crippen LogP contribution in [0.2, 0.25) is 0 Å². The van der Waals surface area contributed by atoms with E-state index in [0.29, 0.717) is 6.54 Å². The summed E-state index contributed by atoms with van der Waals surface area (Å²) in [4.78, 5) is 16.9. The Hall–Kier alpha value is -2.69. The average molecular weight is 478 g/mol. The van der Waals surface area contributed by atoms with Crippen molar-refractivity contribution in [1.29, 1.82) is 0 Å². The molecular weight excluding hydrogens is 456 g/mol. The molecule has 10 heteroatoms. The number of nitrogens with zero attached hydrogens (tertiary/aromatic N) is 2. The number of carbonyl (C=O) groups excluding carboxylic acids is 1. The van der Waals surface area contributed by atoms with Crippen LogP contribution in [-0.4, -0.2) is 36.2 Å². The molecule has 0 radical (unpaired) electrons.